The Kier molecular flexibility index (Phi) is 17.9. The number of para-hydroxylation sites is 1. The van der Waals surface area contributed by atoms with Crippen molar-refractivity contribution >= 4 is 23.5 Å². The van der Waals surface area contributed by atoms with Gasteiger partial charge in [-0.1, -0.05) is 103 Å². The molecule has 0 heterocycles. The minimum atomic E-state index is 0.569. The maximum Gasteiger partial charge on any atom is 0.186 e. The van der Waals surface area contributed by atoms with Gasteiger partial charge in [-0.25, -0.2) is 0 Å². The normalized spacial score (nSPS) is 11.0. The minimum Gasteiger partial charge on any atom is -0.493 e. The van der Waals surface area contributed by atoms with Gasteiger partial charge in [0, 0.05) is 12.1 Å². The summed E-state index contributed by atoms with van der Waals surface area (Å²) >= 11 is 5.29. The molecule has 0 saturated heterocycles. The number of rotatable bonds is 19. The van der Waals surface area contributed by atoms with Crippen molar-refractivity contribution in [3.8, 4) is 5.75 Å². The number of nitrogens with one attached hydrogen (secondary N) is 2. The van der Waals surface area contributed by atoms with Crippen molar-refractivity contribution < 1.29 is 4.74 Å². The van der Waals surface area contributed by atoms with Gasteiger partial charge in [0.15, 0.2) is 5.11 Å². The van der Waals surface area contributed by atoms with Crippen molar-refractivity contribution in [3.63, 3.8) is 0 Å². The van der Waals surface area contributed by atoms with Crippen molar-refractivity contribution in [2.45, 2.75) is 104 Å². The van der Waals surface area contributed by atoms with Gasteiger partial charge in [-0.05, 0) is 37.7 Å². The Balaban J connectivity index is 1.92. The standard InChI is InChI=1S/C26H45N3OS/c1-3-5-6-7-8-9-10-11-12-13-14-15-16-19-22-27-26(31)29-28-23-24-20-17-18-21-25(24)30-4-2/h17-18,20-21,23H,3-16,19,22H2,1-2H3,(H2,27,29,31)/b28-23+. The molecule has 176 valence electrons. The maximum absolute atomic E-state index is 5.59. The van der Waals surface area contributed by atoms with Crippen molar-refractivity contribution in [1.82, 2.24) is 10.7 Å². The summed E-state index contributed by atoms with van der Waals surface area (Å²) in [5.74, 6) is 0.830. The summed E-state index contributed by atoms with van der Waals surface area (Å²) in [4.78, 5) is 0. The van der Waals surface area contributed by atoms with Crippen molar-refractivity contribution in [2.24, 2.45) is 5.10 Å². The molecule has 1 rings (SSSR count). The first-order chi connectivity index (χ1) is 15.3. The second-order valence-electron chi connectivity index (χ2n) is 8.19. The number of nitrogens with zero attached hydrogens (tertiary/aromatic N) is 1. The minimum absolute atomic E-state index is 0.569. The summed E-state index contributed by atoms with van der Waals surface area (Å²) in [5.41, 5.74) is 3.82. The van der Waals surface area contributed by atoms with E-state index in [9.17, 15) is 0 Å². The fraction of sp³-hybridized carbons (Fsp3) is 0.692. The predicted octanol–water partition coefficient (Wildman–Crippen LogP) is 7.36. The van der Waals surface area contributed by atoms with E-state index in [-0.39, 0.29) is 0 Å². The van der Waals surface area contributed by atoms with Crippen LogP contribution < -0.4 is 15.5 Å². The number of hydrazone groups is 1. The Morgan fingerprint density at radius 2 is 1.39 bits per heavy atom. The molecule has 0 unspecified atom stereocenters. The van der Waals surface area contributed by atoms with Crippen LogP contribution in [0.25, 0.3) is 0 Å². The molecule has 0 bridgehead atoms. The number of benzene rings is 1. The molecule has 0 aliphatic carbocycles. The molecule has 0 saturated carbocycles. The summed E-state index contributed by atoms with van der Waals surface area (Å²) < 4.78 is 5.59. The highest BCUT2D eigenvalue weighted by Gasteiger charge is 1.99. The van der Waals surface area contributed by atoms with Gasteiger partial charge in [-0.2, -0.15) is 5.10 Å². The molecular weight excluding hydrogens is 402 g/mol. The van der Waals surface area contributed by atoms with Crippen LogP contribution in [0.2, 0.25) is 0 Å². The van der Waals surface area contributed by atoms with E-state index < -0.39 is 0 Å². The Morgan fingerprint density at radius 3 is 1.97 bits per heavy atom. The lowest BCUT2D eigenvalue weighted by atomic mass is 10.0. The van der Waals surface area contributed by atoms with Crippen molar-refractivity contribution in [2.75, 3.05) is 13.2 Å². The summed E-state index contributed by atoms with van der Waals surface area (Å²) in [6.07, 6.45) is 21.0. The molecule has 5 heteroatoms. The SMILES string of the molecule is CCCCCCCCCCCCCCCCNC(=S)N/N=C/c1ccccc1OCC. The topological polar surface area (TPSA) is 45.7 Å². The molecule has 4 nitrogen and oxygen atoms in total. The van der Waals surface area contributed by atoms with E-state index in [4.69, 9.17) is 17.0 Å². The zero-order valence-corrected chi connectivity index (χ0v) is 20.8. The van der Waals surface area contributed by atoms with Crippen molar-refractivity contribution in [3.05, 3.63) is 29.8 Å². The smallest absolute Gasteiger partial charge is 0.186 e. The second kappa shape index (κ2) is 20.3. The average Bonchev–Trinajstić information content (AvgIpc) is 2.78. The van der Waals surface area contributed by atoms with Gasteiger partial charge >= 0.3 is 0 Å². The number of ether oxygens (including phenoxy) is 1. The van der Waals surface area contributed by atoms with Gasteiger partial charge in [-0.3, -0.25) is 5.43 Å². The lowest BCUT2D eigenvalue weighted by Crippen LogP contribution is -2.32. The quantitative estimate of drug-likeness (QED) is 0.101. The number of thiocarbonyl (C=S) groups is 1. The van der Waals surface area contributed by atoms with E-state index in [1.807, 2.05) is 31.2 Å². The number of hydrogen-bond acceptors (Lipinski definition) is 3. The summed E-state index contributed by atoms with van der Waals surface area (Å²) in [6.45, 7) is 5.79. The molecule has 0 atom stereocenters. The first kappa shape index (κ1) is 27.4. The molecule has 1 aromatic carbocycles. The number of hydrogen-bond donors (Lipinski definition) is 2. The summed E-state index contributed by atoms with van der Waals surface area (Å²) in [6, 6.07) is 7.84. The van der Waals surface area contributed by atoms with Crippen LogP contribution in [0.5, 0.6) is 5.75 Å². The van der Waals surface area contributed by atoms with E-state index in [0.29, 0.717) is 11.7 Å². The van der Waals surface area contributed by atoms with E-state index in [1.165, 1.54) is 83.5 Å². The van der Waals surface area contributed by atoms with Gasteiger partial charge < -0.3 is 10.1 Å². The highest BCUT2D eigenvalue weighted by molar-refractivity contribution is 7.80. The summed E-state index contributed by atoms with van der Waals surface area (Å²) in [5, 5.41) is 8.01. The molecule has 31 heavy (non-hydrogen) atoms. The van der Waals surface area contributed by atoms with Gasteiger partial charge in [0.2, 0.25) is 0 Å². The van der Waals surface area contributed by atoms with E-state index >= 15 is 0 Å². The van der Waals surface area contributed by atoms with Gasteiger partial charge in [0.05, 0.1) is 12.8 Å². The second-order valence-corrected chi connectivity index (χ2v) is 8.60. The molecule has 0 radical (unpaired) electrons. The van der Waals surface area contributed by atoms with Crippen molar-refractivity contribution in [1.29, 1.82) is 0 Å². The Morgan fingerprint density at radius 1 is 0.839 bits per heavy atom. The van der Waals surface area contributed by atoms with Gasteiger partial charge in [0.1, 0.15) is 5.75 Å². The van der Waals surface area contributed by atoms with E-state index in [2.05, 4.69) is 22.8 Å². The Bertz CT molecular complexity index is 592. The van der Waals surface area contributed by atoms with Crippen LogP contribution in [0.4, 0.5) is 0 Å². The highest BCUT2D eigenvalue weighted by atomic mass is 32.1. The zero-order valence-electron chi connectivity index (χ0n) is 20.0. The lowest BCUT2D eigenvalue weighted by Gasteiger charge is -2.08. The average molecular weight is 448 g/mol. The van der Waals surface area contributed by atoms with Gasteiger partial charge in [-0.15, -0.1) is 0 Å². The molecule has 0 amide bonds. The van der Waals surface area contributed by atoms with Gasteiger partial charge in [0.25, 0.3) is 0 Å². The summed E-state index contributed by atoms with van der Waals surface area (Å²) in [7, 11) is 0. The lowest BCUT2D eigenvalue weighted by molar-refractivity contribution is 0.340. The maximum atomic E-state index is 5.59. The van der Waals surface area contributed by atoms with E-state index in [1.54, 1.807) is 6.21 Å². The monoisotopic (exact) mass is 447 g/mol. The third-order valence-electron chi connectivity index (χ3n) is 5.40. The Hall–Kier alpha value is -1.62. The molecule has 0 spiro atoms. The van der Waals surface area contributed by atoms with Crippen LogP contribution in [0.3, 0.4) is 0 Å². The zero-order chi connectivity index (χ0) is 22.4. The van der Waals surface area contributed by atoms with Crippen LogP contribution in [0.15, 0.2) is 29.4 Å². The fourth-order valence-electron chi connectivity index (χ4n) is 3.60. The van der Waals surface area contributed by atoms with E-state index in [0.717, 1.165) is 24.3 Å². The first-order valence-corrected chi connectivity index (χ1v) is 13.0. The molecular formula is C26H45N3OS. The third kappa shape index (κ3) is 15.8. The molecule has 2 N–H and O–H groups in total. The predicted molar refractivity (Wildman–Crippen MR) is 139 cm³/mol. The largest absolute Gasteiger partial charge is 0.493 e. The molecule has 0 aliphatic heterocycles. The van der Waals surface area contributed by atoms with Crippen LogP contribution in [-0.2, 0) is 0 Å². The molecule has 1 aromatic rings. The first-order valence-electron chi connectivity index (χ1n) is 12.6. The number of unbranched alkanes of at least 4 members (excludes halogenated alkanes) is 13. The van der Waals surface area contributed by atoms with Crippen LogP contribution in [-0.4, -0.2) is 24.5 Å². The molecule has 0 fully saturated rings. The Labute approximate surface area is 196 Å². The van der Waals surface area contributed by atoms with Crippen LogP contribution in [0, 0.1) is 0 Å². The molecule has 0 aliphatic rings. The molecule has 0 aromatic heterocycles. The fourth-order valence-corrected chi connectivity index (χ4v) is 3.75. The van der Waals surface area contributed by atoms with Crippen LogP contribution in [0.1, 0.15) is 109 Å². The highest BCUT2D eigenvalue weighted by Crippen LogP contribution is 2.15. The van der Waals surface area contributed by atoms with Crippen LogP contribution >= 0.6 is 12.2 Å². The third-order valence-corrected chi connectivity index (χ3v) is 5.64.